The summed E-state index contributed by atoms with van der Waals surface area (Å²) in [5, 5.41) is 11.9. The number of anilines is 1. The summed E-state index contributed by atoms with van der Waals surface area (Å²) in [5.41, 5.74) is 0.772. The minimum Gasteiger partial charge on any atom is -0.381 e. The molecule has 150 valence electrons. The molecule has 1 N–H and O–H groups in total. The lowest BCUT2D eigenvalue weighted by Crippen LogP contribution is -2.43. The van der Waals surface area contributed by atoms with Gasteiger partial charge in [-0.25, -0.2) is 4.98 Å². The summed E-state index contributed by atoms with van der Waals surface area (Å²) < 4.78 is 7.27. The first-order valence-corrected chi connectivity index (χ1v) is 10.1. The first kappa shape index (κ1) is 18.9. The predicted octanol–water partition coefficient (Wildman–Crippen LogP) is 1.64. The molecule has 8 nitrogen and oxygen atoms in total. The fraction of sp³-hybridized carbons (Fsp3) is 0.600. The van der Waals surface area contributed by atoms with Crippen molar-refractivity contribution in [3.05, 3.63) is 24.5 Å². The maximum absolute atomic E-state index is 12.4. The van der Waals surface area contributed by atoms with Crippen molar-refractivity contribution < 1.29 is 9.53 Å². The number of piperidine rings is 1. The van der Waals surface area contributed by atoms with Crippen LogP contribution in [0.5, 0.6) is 0 Å². The van der Waals surface area contributed by atoms with Crippen molar-refractivity contribution in [2.75, 3.05) is 37.7 Å². The van der Waals surface area contributed by atoms with Crippen LogP contribution in [0.1, 0.15) is 25.7 Å². The summed E-state index contributed by atoms with van der Waals surface area (Å²) in [4.78, 5) is 18.9. The minimum absolute atomic E-state index is 0.109. The summed E-state index contributed by atoms with van der Waals surface area (Å²) in [7, 11) is 1.95. The van der Waals surface area contributed by atoms with Gasteiger partial charge in [0.2, 0.25) is 5.91 Å². The lowest BCUT2D eigenvalue weighted by atomic mass is 9.96. The van der Waals surface area contributed by atoms with E-state index < -0.39 is 0 Å². The topological polar surface area (TPSA) is 85.2 Å². The van der Waals surface area contributed by atoms with Gasteiger partial charge in [0.1, 0.15) is 5.69 Å². The molecule has 0 spiro atoms. The number of carbonyl (C=O) groups excluding carboxylic acids is 1. The molecule has 4 heterocycles. The van der Waals surface area contributed by atoms with Gasteiger partial charge in [-0.05, 0) is 43.7 Å². The SMILES string of the molecule is Cn1ccnc1-c1ccc(N2CCCC(CNC(=O)C3CCOCC3)C2)nn1. The molecule has 2 aliphatic rings. The van der Waals surface area contributed by atoms with Gasteiger partial charge in [-0.2, -0.15) is 0 Å². The molecule has 1 atom stereocenters. The number of nitrogens with one attached hydrogen (secondary N) is 1. The maximum atomic E-state index is 12.4. The van der Waals surface area contributed by atoms with Gasteiger partial charge < -0.3 is 19.5 Å². The van der Waals surface area contributed by atoms with Gasteiger partial charge >= 0.3 is 0 Å². The summed E-state index contributed by atoms with van der Waals surface area (Å²) in [6, 6.07) is 3.99. The number of imidazole rings is 1. The second-order valence-corrected chi connectivity index (χ2v) is 7.72. The minimum atomic E-state index is 0.109. The number of aromatic nitrogens is 4. The molecule has 2 aromatic heterocycles. The van der Waals surface area contributed by atoms with Crippen molar-refractivity contribution >= 4 is 11.7 Å². The standard InChI is InChI=1S/C20H28N6O2/c1-25-10-8-21-19(25)17-4-5-18(24-23-17)26-9-2-3-15(14-26)13-22-20(27)16-6-11-28-12-7-16/h4-5,8,10,15-16H,2-3,6-7,9,11-14H2,1H3,(H,22,27). The van der Waals surface area contributed by atoms with E-state index >= 15 is 0 Å². The Morgan fingerprint density at radius 3 is 2.82 bits per heavy atom. The number of aryl methyl sites for hydroxylation is 1. The lowest BCUT2D eigenvalue weighted by Gasteiger charge is -2.33. The number of hydrogen-bond acceptors (Lipinski definition) is 6. The smallest absolute Gasteiger partial charge is 0.223 e. The van der Waals surface area contributed by atoms with Crippen LogP contribution in [0.25, 0.3) is 11.5 Å². The van der Waals surface area contributed by atoms with Crippen molar-refractivity contribution in [1.82, 2.24) is 25.1 Å². The van der Waals surface area contributed by atoms with Crippen LogP contribution in [0.2, 0.25) is 0 Å². The van der Waals surface area contributed by atoms with E-state index in [1.807, 2.05) is 29.9 Å². The molecule has 0 aromatic carbocycles. The van der Waals surface area contributed by atoms with Gasteiger partial charge in [-0.3, -0.25) is 4.79 Å². The van der Waals surface area contributed by atoms with Gasteiger partial charge in [-0.1, -0.05) is 0 Å². The third-order valence-corrected chi connectivity index (χ3v) is 5.70. The van der Waals surface area contributed by atoms with Crippen LogP contribution >= 0.6 is 0 Å². The van der Waals surface area contributed by atoms with Crippen LogP contribution in [-0.4, -0.2) is 58.5 Å². The molecule has 0 radical (unpaired) electrons. The highest BCUT2D eigenvalue weighted by Gasteiger charge is 2.25. The normalized spacial score (nSPS) is 20.9. The van der Waals surface area contributed by atoms with E-state index in [9.17, 15) is 4.79 Å². The first-order chi connectivity index (χ1) is 13.7. The average molecular weight is 384 g/mol. The Hall–Kier alpha value is -2.48. The first-order valence-electron chi connectivity index (χ1n) is 10.1. The monoisotopic (exact) mass is 384 g/mol. The van der Waals surface area contributed by atoms with Crippen molar-refractivity contribution in [2.24, 2.45) is 18.9 Å². The van der Waals surface area contributed by atoms with Gasteiger partial charge in [0.15, 0.2) is 11.6 Å². The Morgan fingerprint density at radius 1 is 1.25 bits per heavy atom. The number of carbonyl (C=O) groups is 1. The summed E-state index contributed by atoms with van der Waals surface area (Å²) in [5.74, 6) is 2.43. The Bertz CT molecular complexity index is 784. The summed E-state index contributed by atoms with van der Waals surface area (Å²) >= 11 is 0. The molecule has 0 saturated carbocycles. The summed E-state index contributed by atoms with van der Waals surface area (Å²) in [6.45, 7) is 3.99. The van der Waals surface area contributed by atoms with Crippen LogP contribution in [0.3, 0.4) is 0 Å². The van der Waals surface area contributed by atoms with E-state index in [1.165, 1.54) is 0 Å². The fourth-order valence-electron chi connectivity index (χ4n) is 4.01. The molecule has 2 saturated heterocycles. The molecule has 2 aromatic rings. The van der Waals surface area contributed by atoms with Crippen molar-refractivity contribution in [2.45, 2.75) is 25.7 Å². The third kappa shape index (κ3) is 4.32. The quantitative estimate of drug-likeness (QED) is 0.844. The van der Waals surface area contributed by atoms with Crippen molar-refractivity contribution in [1.29, 1.82) is 0 Å². The van der Waals surface area contributed by atoms with Gasteiger partial charge in [0.05, 0.1) is 0 Å². The van der Waals surface area contributed by atoms with Crippen molar-refractivity contribution in [3.63, 3.8) is 0 Å². The number of nitrogens with zero attached hydrogens (tertiary/aromatic N) is 5. The number of rotatable bonds is 5. The Labute approximate surface area is 165 Å². The molecule has 1 unspecified atom stereocenters. The summed E-state index contributed by atoms with van der Waals surface area (Å²) in [6.07, 6.45) is 7.55. The highest BCUT2D eigenvalue weighted by Crippen LogP contribution is 2.23. The molecule has 0 aliphatic carbocycles. The molecule has 4 rings (SSSR count). The van der Waals surface area contributed by atoms with Crippen LogP contribution in [0, 0.1) is 11.8 Å². The molecular weight excluding hydrogens is 356 g/mol. The number of amides is 1. The average Bonchev–Trinajstić information content (AvgIpc) is 3.19. The number of ether oxygens (including phenoxy) is 1. The maximum Gasteiger partial charge on any atom is 0.223 e. The Morgan fingerprint density at radius 2 is 2.11 bits per heavy atom. The third-order valence-electron chi connectivity index (χ3n) is 5.70. The molecule has 1 amide bonds. The number of hydrogen-bond donors (Lipinski definition) is 1. The molecule has 2 fully saturated rings. The van der Waals surface area contributed by atoms with Crippen LogP contribution in [0.15, 0.2) is 24.5 Å². The van der Waals surface area contributed by atoms with Gasteiger partial charge in [0.25, 0.3) is 0 Å². The van der Waals surface area contributed by atoms with E-state index in [0.29, 0.717) is 19.1 Å². The lowest BCUT2D eigenvalue weighted by molar-refractivity contribution is -0.128. The van der Waals surface area contributed by atoms with E-state index in [1.54, 1.807) is 6.20 Å². The molecule has 28 heavy (non-hydrogen) atoms. The second-order valence-electron chi connectivity index (χ2n) is 7.72. The molecule has 0 bridgehead atoms. The fourth-order valence-corrected chi connectivity index (χ4v) is 4.01. The molecular formula is C20H28N6O2. The van der Waals surface area contributed by atoms with Crippen LogP contribution in [-0.2, 0) is 16.6 Å². The highest BCUT2D eigenvalue weighted by molar-refractivity contribution is 5.78. The van der Waals surface area contributed by atoms with E-state index in [0.717, 1.165) is 62.7 Å². The zero-order valence-electron chi connectivity index (χ0n) is 16.4. The van der Waals surface area contributed by atoms with E-state index in [-0.39, 0.29) is 11.8 Å². The second kappa shape index (κ2) is 8.68. The van der Waals surface area contributed by atoms with E-state index in [4.69, 9.17) is 4.74 Å². The predicted molar refractivity (Wildman–Crippen MR) is 106 cm³/mol. The molecule has 2 aliphatic heterocycles. The van der Waals surface area contributed by atoms with Crippen molar-refractivity contribution in [3.8, 4) is 11.5 Å². The van der Waals surface area contributed by atoms with Gasteiger partial charge in [-0.15, -0.1) is 10.2 Å². The zero-order valence-corrected chi connectivity index (χ0v) is 16.4. The largest absolute Gasteiger partial charge is 0.381 e. The highest BCUT2D eigenvalue weighted by atomic mass is 16.5. The van der Waals surface area contributed by atoms with E-state index in [2.05, 4.69) is 25.4 Å². The van der Waals surface area contributed by atoms with Gasteiger partial charge in [0, 0.05) is 58.2 Å². The van der Waals surface area contributed by atoms with Crippen LogP contribution in [0.4, 0.5) is 5.82 Å². The molecule has 8 heteroatoms. The van der Waals surface area contributed by atoms with Crippen LogP contribution < -0.4 is 10.2 Å². The Balaban J connectivity index is 1.32. The Kier molecular flexibility index (Phi) is 5.85. The zero-order chi connectivity index (χ0) is 19.3.